The molecule has 2 aliphatic carbocycles. The lowest BCUT2D eigenvalue weighted by atomic mass is 9.83. The largest absolute Gasteiger partial charge is 0.497 e. The maximum Gasteiger partial charge on any atom is 0.221 e. The lowest BCUT2D eigenvalue weighted by Gasteiger charge is -2.21. The molecule has 138 valence electrons. The van der Waals surface area contributed by atoms with Crippen LogP contribution >= 0.6 is 0 Å². The number of ketones is 1. The zero-order valence-corrected chi connectivity index (χ0v) is 15.8. The normalized spacial score (nSPS) is 22.8. The quantitative estimate of drug-likeness (QED) is 0.822. The number of ether oxygens (including phenoxy) is 1. The van der Waals surface area contributed by atoms with Gasteiger partial charge in [-0.2, -0.15) is 0 Å². The van der Waals surface area contributed by atoms with E-state index >= 15 is 0 Å². The minimum atomic E-state index is -0.208. The van der Waals surface area contributed by atoms with Crippen LogP contribution in [-0.4, -0.2) is 18.8 Å². The number of benzene rings is 1. The predicted octanol–water partition coefficient (Wildman–Crippen LogP) is 4.28. The number of Topliss-reactive ketones (excluding diaryl/α,β-unsaturated/α-hetero) is 1. The Morgan fingerprint density at radius 1 is 1.15 bits per heavy atom. The topological polar surface area (TPSA) is 55.4 Å². The average molecular weight is 353 g/mol. The van der Waals surface area contributed by atoms with Crippen molar-refractivity contribution in [3.8, 4) is 5.75 Å². The van der Waals surface area contributed by atoms with E-state index in [0.717, 1.165) is 35.3 Å². The van der Waals surface area contributed by atoms with Crippen LogP contribution in [0.3, 0.4) is 0 Å². The molecule has 4 heteroatoms. The van der Waals surface area contributed by atoms with Crippen molar-refractivity contribution in [1.29, 1.82) is 0 Å². The summed E-state index contributed by atoms with van der Waals surface area (Å²) in [5.74, 6) is 0.897. The van der Waals surface area contributed by atoms with Crippen molar-refractivity contribution in [3.63, 3.8) is 0 Å². The van der Waals surface area contributed by atoms with Crippen LogP contribution in [-0.2, 0) is 9.59 Å². The van der Waals surface area contributed by atoms with Gasteiger partial charge in [-0.15, -0.1) is 0 Å². The van der Waals surface area contributed by atoms with E-state index in [9.17, 15) is 9.59 Å². The van der Waals surface area contributed by atoms with Crippen molar-refractivity contribution < 1.29 is 14.3 Å². The first kappa shape index (κ1) is 18.4. The van der Waals surface area contributed by atoms with Gasteiger partial charge in [0.2, 0.25) is 11.7 Å². The van der Waals surface area contributed by atoms with Gasteiger partial charge in [0.05, 0.1) is 12.8 Å². The van der Waals surface area contributed by atoms with Gasteiger partial charge in [0, 0.05) is 18.4 Å². The molecule has 2 aliphatic rings. The Morgan fingerprint density at radius 3 is 2.38 bits per heavy atom. The first-order valence-electron chi connectivity index (χ1n) is 9.40. The minimum Gasteiger partial charge on any atom is -0.497 e. The second-order valence-corrected chi connectivity index (χ2v) is 7.29. The van der Waals surface area contributed by atoms with Crippen molar-refractivity contribution in [3.05, 3.63) is 52.7 Å². The summed E-state index contributed by atoms with van der Waals surface area (Å²) in [7, 11) is 1.64. The van der Waals surface area contributed by atoms with Crippen molar-refractivity contribution in [1.82, 2.24) is 5.32 Å². The summed E-state index contributed by atoms with van der Waals surface area (Å²) in [4.78, 5) is 24.6. The van der Waals surface area contributed by atoms with E-state index in [1.165, 1.54) is 26.2 Å². The van der Waals surface area contributed by atoms with Crippen LogP contribution in [0.4, 0.5) is 0 Å². The average Bonchev–Trinajstić information content (AvgIpc) is 2.87. The summed E-state index contributed by atoms with van der Waals surface area (Å²) in [6.07, 6.45) is 8.18. The zero-order chi connectivity index (χ0) is 18.7. The third kappa shape index (κ3) is 3.74. The monoisotopic (exact) mass is 353 g/mol. The van der Waals surface area contributed by atoms with Gasteiger partial charge >= 0.3 is 0 Å². The molecule has 0 spiro atoms. The third-order valence-electron chi connectivity index (χ3n) is 5.44. The second-order valence-electron chi connectivity index (χ2n) is 7.29. The number of hydrogen-bond acceptors (Lipinski definition) is 3. The highest BCUT2D eigenvalue weighted by atomic mass is 16.5. The molecule has 0 aliphatic heterocycles. The first-order chi connectivity index (χ1) is 12.5. The van der Waals surface area contributed by atoms with E-state index in [1.807, 2.05) is 31.2 Å². The molecule has 0 saturated heterocycles. The van der Waals surface area contributed by atoms with Gasteiger partial charge in [-0.05, 0) is 49.0 Å². The second kappa shape index (κ2) is 7.90. The Hall–Kier alpha value is -2.36. The summed E-state index contributed by atoms with van der Waals surface area (Å²) in [6.45, 7) is 3.39. The molecule has 1 unspecified atom stereocenters. The summed E-state index contributed by atoms with van der Waals surface area (Å²) < 4.78 is 5.25. The maximum absolute atomic E-state index is 13.1. The van der Waals surface area contributed by atoms with Crippen LogP contribution in [0.2, 0.25) is 0 Å². The molecule has 1 N–H and O–H groups in total. The molecular weight excluding hydrogens is 326 g/mol. The molecule has 3 rings (SSSR count). The number of methoxy groups -OCH3 is 1. The van der Waals surface area contributed by atoms with Gasteiger partial charge in [-0.1, -0.05) is 37.5 Å². The van der Waals surface area contributed by atoms with Gasteiger partial charge in [-0.25, -0.2) is 0 Å². The van der Waals surface area contributed by atoms with E-state index in [4.69, 9.17) is 4.74 Å². The van der Waals surface area contributed by atoms with E-state index in [0.29, 0.717) is 11.6 Å². The lowest BCUT2D eigenvalue weighted by Crippen LogP contribution is -2.24. The van der Waals surface area contributed by atoms with Crippen molar-refractivity contribution in [2.24, 2.45) is 5.92 Å². The van der Waals surface area contributed by atoms with Crippen LogP contribution in [0, 0.1) is 5.92 Å². The number of hydrogen-bond donors (Lipinski definition) is 1. The molecule has 1 fully saturated rings. The molecular formula is C22H27NO3. The predicted molar refractivity (Wildman–Crippen MR) is 102 cm³/mol. The van der Waals surface area contributed by atoms with Gasteiger partial charge in [0.1, 0.15) is 5.75 Å². The molecule has 0 heterocycles. The van der Waals surface area contributed by atoms with Crippen LogP contribution in [0.25, 0.3) is 0 Å². The molecule has 0 bridgehead atoms. The van der Waals surface area contributed by atoms with Crippen molar-refractivity contribution >= 4 is 11.7 Å². The van der Waals surface area contributed by atoms with Gasteiger partial charge < -0.3 is 10.1 Å². The Bertz CT molecular complexity index is 752. The highest BCUT2D eigenvalue weighted by Gasteiger charge is 2.37. The van der Waals surface area contributed by atoms with Gasteiger partial charge in [0.15, 0.2) is 0 Å². The fraction of sp³-hybridized carbons (Fsp3) is 0.455. The van der Waals surface area contributed by atoms with E-state index in [2.05, 4.69) is 11.4 Å². The van der Waals surface area contributed by atoms with E-state index in [1.54, 1.807) is 7.11 Å². The molecule has 1 aromatic carbocycles. The van der Waals surface area contributed by atoms with Crippen LogP contribution in [0.5, 0.6) is 5.75 Å². The molecule has 4 nitrogen and oxygen atoms in total. The van der Waals surface area contributed by atoms with Crippen molar-refractivity contribution in [2.45, 2.75) is 51.9 Å². The summed E-state index contributed by atoms with van der Waals surface area (Å²) in [5.41, 5.74) is 3.22. The van der Waals surface area contributed by atoms with Gasteiger partial charge in [0.25, 0.3) is 0 Å². The number of rotatable bonds is 4. The molecule has 1 aromatic rings. The third-order valence-corrected chi connectivity index (χ3v) is 5.44. The fourth-order valence-corrected chi connectivity index (χ4v) is 4.12. The minimum absolute atomic E-state index is 0.0379. The number of allylic oxidation sites excluding steroid dienone is 3. The standard InChI is InChI=1S/C22H27NO3/c1-14-20(17-9-11-18(26-3)12-10-17)19(13-16-7-5-4-6-8-16)22(25)21(14)23-15(2)24/h9-13,16,20H,4-8H2,1-3H3,(H,23,24)/b19-13-. The van der Waals surface area contributed by atoms with Gasteiger partial charge in [-0.3, -0.25) is 9.59 Å². The van der Waals surface area contributed by atoms with Crippen LogP contribution in [0.15, 0.2) is 47.2 Å². The molecule has 0 radical (unpaired) electrons. The smallest absolute Gasteiger partial charge is 0.221 e. The van der Waals surface area contributed by atoms with Crippen LogP contribution < -0.4 is 10.1 Å². The Labute approximate surface area is 155 Å². The molecule has 26 heavy (non-hydrogen) atoms. The molecule has 0 aromatic heterocycles. The summed E-state index contributed by atoms with van der Waals surface area (Å²) in [5, 5.41) is 2.76. The molecule has 1 saturated carbocycles. The summed E-state index contributed by atoms with van der Waals surface area (Å²) >= 11 is 0. The Kier molecular flexibility index (Phi) is 5.60. The lowest BCUT2D eigenvalue weighted by molar-refractivity contribution is -0.120. The fourth-order valence-electron chi connectivity index (χ4n) is 4.12. The zero-order valence-electron chi connectivity index (χ0n) is 15.8. The highest BCUT2D eigenvalue weighted by Crippen LogP contribution is 2.42. The Morgan fingerprint density at radius 2 is 1.81 bits per heavy atom. The molecule has 1 amide bonds. The van der Waals surface area contributed by atoms with E-state index in [-0.39, 0.29) is 17.6 Å². The number of amides is 1. The first-order valence-corrected chi connectivity index (χ1v) is 9.40. The Balaban J connectivity index is 2.00. The SMILES string of the molecule is COc1ccc(C2C(C)=C(NC(C)=O)C(=O)/C2=C\C2CCCCC2)cc1. The highest BCUT2D eigenvalue weighted by molar-refractivity contribution is 6.14. The van der Waals surface area contributed by atoms with E-state index < -0.39 is 0 Å². The van der Waals surface area contributed by atoms with Crippen molar-refractivity contribution in [2.75, 3.05) is 7.11 Å². The molecule has 1 atom stereocenters. The van der Waals surface area contributed by atoms with Crippen LogP contribution in [0.1, 0.15) is 57.4 Å². The number of carbonyl (C=O) groups is 2. The summed E-state index contributed by atoms with van der Waals surface area (Å²) in [6, 6.07) is 7.85. The maximum atomic E-state index is 13.1. The number of nitrogens with one attached hydrogen (secondary N) is 1. The number of carbonyl (C=O) groups excluding carboxylic acids is 2.